The highest BCUT2D eigenvalue weighted by Gasteiger charge is 2.54. The van der Waals surface area contributed by atoms with Crippen LogP contribution in [0.4, 0.5) is 3.89 Å². The van der Waals surface area contributed by atoms with Gasteiger partial charge in [0.2, 0.25) is 0 Å². The predicted octanol–water partition coefficient (Wildman–Crippen LogP) is 3.01. The maximum absolute atomic E-state index is 12.9. The van der Waals surface area contributed by atoms with E-state index in [4.69, 9.17) is 5.41 Å². The summed E-state index contributed by atoms with van der Waals surface area (Å²) in [6.07, 6.45) is 4.92. The second kappa shape index (κ2) is 4.48. The van der Waals surface area contributed by atoms with E-state index in [0.717, 1.165) is 32.1 Å². The molecule has 1 aliphatic carbocycles. The SMILES string of the molecule is N=C1ON=C(C2CCCCC2)C1(N=O)SF. The smallest absolute Gasteiger partial charge is 0.296 e. The van der Waals surface area contributed by atoms with Crippen LogP contribution >= 0.6 is 12.1 Å². The molecule has 1 aliphatic heterocycles. The maximum Gasteiger partial charge on any atom is 0.296 e. The Morgan fingerprint density at radius 1 is 1.50 bits per heavy atom. The zero-order valence-electron chi connectivity index (χ0n) is 8.61. The van der Waals surface area contributed by atoms with Crippen LogP contribution in [0.5, 0.6) is 0 Å². The molecule has 0 aromatic carbocycles. The Bertz CT molecular complexity index is 344. The molecule has 1 heterocycles. The van der Waals surface area contributed by atoms with E-state index >= 15 is 0 Å². The fourth-order valence-electron chi connectivity index (χ4n) is 2.24. The normalized spacial score (nSPS) is 31.1. The van der Waals surface area contributed by atoms with Gasteiger partial charge in [0.1, 0.15) is 5.71 Å². The number of halogens is 1. The fourth-order valence-corrected chi connectivity index (χ4v) is 2.66. The Hall–Kier alpha value is -0.980. The highest BCUT2D eigenvalue weighted by atomic mass is 32.2. The number of oxime groups is 1. The molecule has 7 heteroatoms. The van der Waals surface area contributed by atoms with Crippen molar-refractivity contribution in [3.63, 3.8) is 0 Å². The van der Waals surface area contributed by atoms with Crippen molar-refractivity contribution in [1.29, 1.82) is 5.41 Å². The van der Waals surface area contributed by atoms with E-state index < -0.39 is 10.8 Å². The second-order valence-electron chi connectivity index (χ2n) is 4.04. The van der Waals surface area contributed by atoms with Crippen molar-refractivity contribution in [2.75, 3.05) is 0 Å². The van der Waals surface area contributed by atoms with Crippen molar-refractivity contribution in [1.82, 2.24) is 0 Å². The summed E-state index contributed by atoms with van der Waals surface area (Å²) < 4.78 is 12.9. The molecule has 1 fully saturated rings. The molecule has 1 N–H and O–H groups in total. The van der Waals surface area contributed by atoms with Crippen molar-refractivity contribution in [2.45, 2.75) is 37.0 Å². The number of hydrogen-bond acceptors (Lipinski definition) is 6. The molecule has 0 aromatic heterocycles. The van der Waals surface area contributed by atoms with Crippen LogP contribution in [0.15, 0.2) is 10.3 Å². The summed E-state index contributed by atoms with van der Waals surface area (Å²) in [6, 6.07) is 0. The number of nitroso groups, excluding NO2 is 1. The van der Waals surface area contributed by atoms with Gasteiger partial charge in [-0.2, -0.15) is 3.89 Å². The van der Waals surface area contributed by atoms with Crippen molar-refractivity contribution in [2.24, 2.45) is 16.3 Å². The highest BCUT2D eigenvalue weighted by Crippen LogP contribution is 2.41. The number of rotatable bonds is 3. The van der Waals surface area contributed by atoms with Gasteiger partial charge in [0, 0.05) is 5.92 Å². The monoisotopic (exact) mass is 245 g/mol. The van der Waals surface area contributed by atoms with E-state index in [-0.39, 0.29) is 23.8 Å². The van der Waals surface area contributed by atoms with Crippen LogP contribution in [-0.2, 0) is 4.84 Å². The van der Waals surface area contributed by atoms with E-state index in [1.54, 1.807) is 0 Å². The van der Waals surface area contributed by atoms with Gasteiger partial charge >= 0.3 is 0 Å². The topological polar surface area (TPSA) is 74.9 Å². The van der Waals surface area contributed by atoms with Gasteiger partial charge in [-0.25, -0.2) is 0 Å². The van der Waals surface area contributed by atoms with Crippen LogP contribution in [0.25, 0.3) is 0 Å². The Labute approximate surface area is 96.6 Å². The van der Waals surface area contributed by atoms with Gasteiger partial charge in [-0.05, 0) is 18.0 Å². The van der Waals surface area contributed by atoms with Gasteiger partial charge < -0.3 is 4.84 Å². The third kappa shape index (κ3) is 1.63. The summed E-state index contributed by atoms with van der Waals surface area (Å²) in [5.74, 6) is -0.506. The summed E-state index contributed by atoms with van der Waals surface area (Å²) >= 11 is -0.270. The van der Waals surface area contributed by atoms with Crippen molar-refractivity contribution in [3.05, 3.63) is 4.91 Å². The molecule has 2 aliphatic rings. The first-order valence-corrected chi connectivity index (χ1v) is 5.95. The van der Waals surface area contributed by atoms with Gasteiger partial charge in [0.15, 0.2) is 0 Å². The van der Waals surface area contributed by atoms with Crippen LogP contribution < -0.4 is 0 Å². The van der Waals surface area contributed by atoms with Crippen molar-refractivity contribution in [3.8, 4) is 0 Å². The third-order valence-corrected chi connectivity index (χ3v) is 3.81. The van der Waals surface area contributed by atoms with E-state index in [2.05, 4.69) is 15.2 Å². The Balaban J connectivity index is 2.25. The van der Waals surface area contributed by atoms with Gasteiger partial charge in [0.25, 0.3) is 10.8 Å². The minimum Gasteiger partial charge on any atom is -0.337 e. The molecule has 2 rings (SSSR count). The molecular formula is C9H12FN3O2S. The van der Waals surface area contributed by atoms with Crippen LogP contribution in [0.2, 0.25) is 0 Å². The fraction of sp³-hybridized carbons (Fsp3) is 0.778. The lowest BCUT2D eigenvalue weighted by atomic mass is 9.83. The lowest BCUT2D eigenvalue weighted by Crippen LogP contribution is -2.40. The van der Waals surface area contributed by atoms with E-state index in [9.17, 15) is 8.79 Å². The maximum atomic E-state index is 12.9. The first kappa shape index (κ1) is 11.5. The summed E-state index contributed by atoms with van der Waals surface area (Å²) in [5.41, 5.74) is 0.278. The minimum absolute atomic E-state index is 0.0116. The molecule has 0 amide bonds. The molecule has 0 spiro atoms. The van der Waals surface area contributed by atoms with Gasteiger partial charge in [-0.15, -0.1) is 4.91 Å². The van der Waals surface area contributed by atoms with E-state index in [1.807, 2.05) is 0 Å². The van der Waals surface area contributed by atoms with Crippen LogP contribution in [0, 0.1) is 16.2 Å². The van der Waals surface area contributed by atoms with E-state index in [0.29, 0.717) is 0 Å². The van der Waals surface area contributed by atoms with Gasteiger partial charge in [0.05, 0.1) is 12.1 Å². The quantitative estimate of drug-likeness (QED) is 0.776. The Morgan fingerprint density at radius 3 is 2.75 bits per heavy atom. The number of hydrogen-bond donors (Lipinski definition) is 1. The molecular weight excluding hydrogens is 233 g/mol. The van der Waals surface area contributed by atoms with Crippen molar-refractivity contribution >= 4 is 23.8 Å². The van der Waals surface area contributed by atoms with Gasteiger partial charge in [-0.1, -0.05) is 24.4 Å². The zero-order chi connectivity index (χ0) is 11.6. The first-order valence-electron chi connectivity index (χ1n) is 5.23. The summed E-state index contributed by atoms with van der Waals surface area (Å²) in [5, 5.41) is 13.8. The molecule has 1 unspecified atom stereocenters. The van der Waals surface area contributed by atoms with Crippen LogP contribution in [-0.4, -0.2) is 16.5 Å². The third-order valence-electron chi connectivity index (χ3n) is 3.12. The predicted molar refractivity (Wildman–Crippen MR) is 60.0 cm³/mol. The van der Waals surface area contributed by atoms with Gasteiger partial charge in [-0.3, -0.25) is 5.41 Å². The first-order chi connectivity index (χ1) is 7.74. The zero-order valence-corrected chi connectivity index (χ0v) is 9.43. The molecule has 5 nitrogen and oxygen atoms in total. The highest BCUT2D eigenvalue weighted by molar-refractivity contribution is 7.97. The largest absolute Gasteiger partial charge is 0.337 e. The molecule has 0 aromatic rings. The molecule has 16 heavy (non-hydrogen) atoms. The minimum atomic E-state index is -1.86. The average Bonchev–Trinajstić information content (AvgIpc) is 2.68. The van der Waals surface area contributed by atoms with E-state index in [1.165, 1.54) is 0 Å². The number of nitrogens with zero attached hydrogens (tertiary/aromatic N) is 2. The molecule has 0 radical (unpaired) electrons. The Morgan fingerprint density at radius 2 is 2.19 bits per heavy atom. The lowest BCUT2D eigenvalue weighted by molar-refractivity contribution is 0.328. The average molecular weight is 245 g/mol. The van der Waals surface area contributed by atoms with Crippen LogP contribution in [0.1, 0.15) is 32.1 Å². The second-order valence-corrected chi connectivity index (χ2v) is 4.79. The van der Waals surface area contributed by atoms with Crippen LogP contribution in [0.3, 0.4) is 0 Å². The molecule has 0 bridgehead atoms. The summed E-state index contributed by atoms with van der Waals surface area (Å²) in [4.78, 5) is 13.6. The molecule has 1 atom stereocenters. The molecule has 88 valence electrons. The Kier molecular flexibility index (Phi) is 3.22. The molecule has 0 saturated heterocycles. The summed E-state index contributed by atoms with van der Waals surface area (Å²) in [6.45, 7) is 0. The lowest BCUT2D eigenvalue weighted by Gasteiger charge is -2.25. The standard InChI is InChI=1S/C9H12FN3O2S/c10-16-9(13-14)7(12-15-8(9)11)6-4-2-1-3-5-6/h6,11H,1-5H2. The summed E-state index contributed by atoms with van der Waals surface area (Å²) in [7, 11) is 0. The molecule has 1 saturated carbocycles. The number of nitrogens with one attached hydrogen (secondary N) is 1. The van der Waals surface area contributed by atoms with Crippen molar-refractivity contribution < 1.29 is 8.72 Å².